The molecule has 3 aromatic heterocycles. The lowest BCUT2D eigenvalue weighted by Gasteiger charge is -2.41. The molecule has 3 aliphatic rings. The van der Waals surface area contributed by atoms with E-state index < -0.39 is 6.43 Å². The lowest BCUT2D eigenvalue weighted by atomic mass is 9.73. The van der Waals surface area contributed by atoms with Gasteiger partial charge < -0.3 is 20.3 Å². The minimum Gasteiger partial charge on any atom is -0.376 e. The van der Waals surface area contributed by atoms with Crippen molar-refractivity contribution in [1.82, 2.24) is 25.1 Å². The zero-order valence-electron chi connectivity index (χ0n) is 19.0. The molecule has 0 radical (unpaired) electrons. The van der Waals surface area contributed by atoms with Crippen LogP contribution in [-0.2, 0) is 11.2 Å². The van der Waals surface area contributed by atoms with Gasteiger partial charge in [-0.25, -0.2) is 23.7 Å². The normalized spacial score (nSPS) is 24.4. The van der Waals surface area contributed by atoms with E-state index in [0.29, 0.717) is 35.6 Å². The van der Waals surface area contributed by atoms with Gasteiger partial charge in [-0.1, -0.05) is 0 Å². The van der Waals surface area contributed by atoms with Crippen molar-refractivity contribution in [3.05, 3.63) is 29.7 Å². The first-order valence-electron chi connectivity index (χ1n) is 11.8. The van der Waals surface area contributed by atoms with E-state index in [4.69, 9.17) is 20.4 Å². The van der Waals surface area contributed by atoms with Crippen molar-refractivity contribution in [2.45, 2.75) is 51.2 Å². The zero-order valence-corrected chi connectivity index (χ0v) is 19.0. The Hall–Kier alpha value is -2.92. The number of aromatic amines is 1. The van der Waals surface area contributed by atoms with Gasteiger partial charge in [-0.2, -0.15) is 5.10 Å². The quantitative estimate of drug-likeness (QED) is 0.601. The third-order valence-corrected chi connectivity index (χ3v) is 7.71. The molecule has 3 aliphatic heterocycles. The predicted octanol–water partition coefficient (Wildman–Crippen LogP) is 3.10. The fourth-order valence-electron chi connectivity index (χ4n) is 5.58. The summed E-state index contributed by atoms with van der Waals surface area (Å²) in [5, 5.41) is 7.50. The van der Waals surface area contributed by atoms with Crippen LogP contribution in [0, 0.1) is 5.41 Å². The van der Waals surface area contributed by atoms with Crippen LogP contribution in [0.2, 0.25) is 0 Å². The van der Waals surface area contributed by atoms with E-state index >= 15 is 0 Å². The Labute approximate surface area is 195 Å². The summed E-state index contributed by atoms with van der Waals surface area (Å²) in [6.45, 7) is 5.19. The molecular weight excluding hydrogens is 442 g/mol. The number of rotatable bonds is 3. The van der Waals surface area contributed by atoms with E-state index in [1.165, 1.54) is 6.07 Å². The summed E-state index contributed by atoms with van der Waals surface area (Å²) in [7, 11) is 0. The lowest BCUT2D eigenvalue weighted by Crippen LogP contribution is -2.50. The van der Waals surface area contributed by atoms with Crippen LogP contribution in [0.3, 0.4) is 0 Å². The third-order valence-electron chi connectivity index (χ3n) is 7.71. The average Bonchev–Trinajstić information content (AvgIpc) is 3.40. The summed E-state index contributed by atoms with van der Waals surface area (Å²) in [4.78, 5) is 17.9. The summed E-state index contributed by atoms with van der Waals surface area (Å²) >= 11 is 0. The van der Waals surface area contributed by atoms with Crippen LogP contribution in [0.5, 0.6) is 0 Å². The number of H-pyrrole nitrogens is 1. The molecule has 11 heteroatoms. The molecule has 2 fully saturated rings. The van der Waals surface area contributed by atoms with E-state index in [0.717, 1.165) is 50.5 Å². The van der Waals surface area contributed by atoms with Crippen molar-refractivity contribution in [3.63, 3.8) is 0 Å². The van der Waals surface area contributed by atoms with Crippen molar-refractivity contribution in [2.24, 2.45) is 11.1 Å². The first-order chi connectivity index (χ1) is 16.4. The van der Waals surface area contributed by atoms with E-state index in [1.54, 1.807) is 12.3 Å². The van der Waals surface area contributed by atoms with Crippen molar-refractivity contribution in [1.29, 1.82) is 0 Å². The Kier molecular flexibility index (Phi) is 5.14. The number of aryl methyl sites for hydroxylation is 1. The number of nitrogens with one attached hydrogen (secondary N) is 1. The van der Waals surface area contributed by atoms with Gasteiger partial charge in [-0.3, -0.25) is 5.10 Å². The molecule has 0 unspecified atom stereocenters. The summed E-state index contributed by atoms with van der Waals surface area (Å²) in [6.07, 6.45) is 2.69. The number of alkyl halides is 2. The van der Waals surface area contributed by atoms with Crippen LogP contribution >= 0.6 is 0 Å². The van der Waals surface area contributed by atoms with Crippen LogP contribution in [0.15, 0.2) is 18.3 Å². The number of halogens is 2. The van der Waals surface area contributed by atoms with Gasteiger partial charge in [0.15, 0.2) is 17.0 Å². The first kappa shape index (κ1) is 21.6. The summed E-state index contributed by atoms with van der Waals surface area (Å²) in [5.74, 6) is 1.45. The average molecular weight is 471 g/mol. The smallest absolute Gasteiger partial charge is 0.280 e. The molecule has 34 heavy (non-hydrogen) atoms. The van der Waals surface area contributed by atoms with Gasteiger partial charge in [0, 0.05) is 31.1 Å². The highest BCUT2D eigenvalue weighted by atomic mass is 19.3. The number of hydrogen-bond donors (Lipinski definition) is 2. The van der Waals surface area contributed by atoms with Crippen LogP contribution < -0.4 is 15.5 Å². The highest BCUT2D eigenvalue weighted by Gasteiger charge is 2.47. The Morgan fingerprint density at radius 1 is 1.21 bits per heavy atom. The maximum absolute atomic E-state index is 13.1. The molecule has 0 bridgehead atoms. The molecule has 2 atom stereocenters. The monoisotopic (exact) mass is 470 g/mol. The number of aromatic nitrogens is 5. The number of piperidine rings is 1. The number of nitrogens with zero attached hydrogens (tertiary/aromatic N) is 6. The fourth-order valence-corrected chi connectivity index (χ4v) is 5.58. The highest BCUT2D eigenvalue weighted by molar-refractivity contribution is 5.87. The fraction of sp³-hybridized carbons (Fsp3) is 0.565. The number of ether oxygens (including phenoxy) is 1. The molecule has 0 saturated carbocycles. The second-order valence-corrected chi connectivity index (χ2v) is 9.62. The van der Waals surface area contributed by atoms with Crippen LogP contribution in [-0.4, -0.2) is 63.5 Å². The largest absolute Gasteiger partial charge is 0.376 e. The van der Waals surface area contributed by atoms with E-state index in [9.17, 15) is 8.78 Å². The van der Waals surface area contributed by atoms with Gasteiger partial charge in [0.2, 0.25) is 0 Å². The van der Waals surface area contributed by atoms with Gasteiger partial charge in [0.1, 0.15) is 11.5 Å². The predicted molar refractivity (Wildman–Crippen MR) is 123 cm³/mol. The molecule has 1 spiro atoms. The molecule has 180 valence electrons. The minimum absolute atomic E-state index is 0.0501. The van der Waals surface area contributed by atoms with Crippen molar-refractivity contribution >= 4 is 28.5 Å². The number of anilines is 3. The molecule has 0 aliphatic carbocycles. The van der Waals surface area contributed by atoms with Gasteiger partial charge in [0.25, 0.3) is 6.43 Å². The van der Waals surface area contributed by atoms with E-state index in [1.807, 2.05) is 4.90 Å². The second kappa shape index (κ2) is 8.09. The summed E-state index contributed by atoms with van der Waals surface area (Å²) in [6, 6.07) is 3.15. The lowest BCUT2D eigenvalue weighted by molar-refractivity contribution is 0.0974. The van der Waals surface area contributed by atoms with Crippen LogP contribution in [0.4, 0.5) is 26.1 Å². The van der Waals surface area contributed by atoms with Crippen LogP contribution in [0.1, 0.15) is 44.0 Å². The second-order valence-electron chi connectivity index (χ2n) is 9.62. The summed E-state index contributed by atoms with van der Waals surface area (Å²) in [5.41, 5.74) is 9.02. The highest BCUT2D eigenvalue weighted by Crippen LogP contribution is 2.42. The molecule has 2 saturated heterocycles. The number of hydrogen-bond acceptors (Lipinski definition) is 8. The molecule has 3 aromatic rings. The molecule has 6 heterocycles. The Morgan fingerprint density at radius 2 is 2.03 bits per heavy atom. The molecule has 3 N–H and O–H groups in total. The topological polar surface area (TPSA) is 109 Å². The maximum Gasteiger partial charge on any atom is 0.280 e. The third kappa shape index (κ3) is 3.40. The molecule has 0 amide bonds. The van der Waals surface area contributed by atoms with Crippen molar-refractivity contribution in [2.75, 3.05) is 36.0 Å². The van der Waals surface area contributed by atoms with E-state index in [-0.39, 0.29) is 23.3 Å². The molecule has 0 aromatic carbocycles. The van der Waals surface area contributed by atoms with Gasteiger partial charge in [0.05, 0.1) is 30.3 Å². The van der Waals surface area contributed by atoms with Gasteiger partial charge in [-0.05, 0) is 44.7 Å². The van der Waals surface area contributed by atoms with Crippen molar-refractivity contribution < 1.29 is 13.5 Å². The van der Waals surface area contributed by atoms with Crippen LogP contribution in [0.25, 0.3) is 11.2 Å². The summed E-state index contributed by atoms with van der Waals surface area (Å²) < 4.78 is 32.0. The van der Waals surface area contributed by atoms with E-state index in [2.05, 4.69) is 27.0 Å². The Bertz CT molecular complexity index is 1210. The minimum atomic E-state index is -2.58. The number of fused-ring (bicyclic) bond motifs is 2. The Morgan fingerprint density at radius 3 is 2.76 bits per heavy atom. The SMILES string of the molecule is C[C@@H]1OCC2(CCN(c3cnc4c(N5CCCc6nc(C(F)F)ccc65)n[nH]c4n3)CC2)[C@@H]1N. The first-order valence-corrected chi connectivity index (χ1v) is 11.8. The van der Waals surface area contributed by atoms with Gasteiger partial charge >= 0.3 is 0 Å². The number of nitrogens with two attached hydrogens (primary N) is 1. The van der Waals surface area contributed by atoms with Gasteiger partial charge in [-0.15, -0.1) is 0 Å². The molecule has 9 nitrogen and oxygen atoms in total. The molecule has 6 rings (SSSR count). The van der Waals surface area contributed by atoms with Crippen molar-refractivity contribution in [3.8, 4) is 0 Å². The zero-order chi connectivity index (χ0) is 23.4. The standard InChI is InChI=1S/C23H28F2N8O/c1-13-19(26)23(12-34-13)6-9-32(10-7-23)17-11-27-18-21(29-17)30-31-22(18)33-8-2-3-14-16(33)5-4-15(28-14)20(24)25/h4-5,11,13,19-20H,2-3,6-10,12,26H2,1H3,(H,29,30,31)/t13-,19+/m0/s1. The Balaban J connectivity index is 1.24. The maximum atomic E-state index is 13.1. The number of pyridine rings is 1. The molecular formula is C23H28F2N8O.